The molecule has 0 radical (unpaired) electrons. The summed E-state index contributed by atoms with van der Waals surface area (Å²) in [4.78, 5) is 29.6. The van der Waals surface area contributed by atoms with Crippen molar-refractivity contribution < 1.29 is 14.7 Å². The number of rotatable bonds is 5. The van der Waals surface area contributed by atoms with Crippen molar-refractivity contribution in [2.45, 2.75) is 20.4 Å². The van der Waals surface area contributed by atoms with E-state index in [4.69, 9.17) is 9.94 Å². The van der Waals surface area contributed by atoms with Crippen LogP contribution in [0.3, 0.4) is 0 Å². The second-order valence-corrected chi connectivity index (χ2v) is 5.05. The van der Waals surface area contributed by atoms with E-state index in [9.17, 15) is 9.59 Å². The predicted molar refractivity (Wildman–Crippen MR) is 77.9 cm³/mol. The summed E-state index contributed by atoms with van der Waals surface area (Å²) in [6.07, 6.45) is 2.90. The number of oxime groups is 1. The Morgan fingerprint density at radius 3 is 2.90 bits per heavy atom. The molecule has 0 aliphatic carbocycles. The molecule has 0 atom stereocenters. The fourth-order valence-electron chi connectivity index (χ4n) is 1.81. The van der Waals surface area contributed by atoms with Crippen molar-refractivity contribution in [3.63, 3.8) is 0 Å². The van der Waals surface area contributed by atoms with Gasteiger partial charge in [-0.05, 0) is 19.9 Å². The Bertz CT molecular complexity index is 730. The van der Waals surface area contributed by atoms with Gasteiger partial charge in [0.15, 0.2) is 0 Å². The third-order valence-electron chi connectivity index (χ3n) is 2.72. The average molecular weight is 294 g/mol. The molecular formula is C13H14N2O4S. The van der Waals surface area contributed by atoms with E-state index >= 15 is 0 Å². The second-order valence-electron chi connectivity index (χ2n) is 3.98. The first-order valence-electron chi connectivity index (χ1n) is 6.14. The predicted octanol–water partition coefficient (Wildman–Crippen LogP) is 2.15. The number of nitrogens with zero attached hydrogens (tertiary/aromatic N) is 2. The normalized spacial score (nSPS) is 11.3. The van der Waals surface area contributed by atoms with E-state index in [2.05, 4.69) is 5.16 Å². The lowest BCUT2D eigenvalue weighted by Gasteiger charge is -2.05. The molecule has 2 aromatic heterocycles. The van der Waals surface area contributed by atoms with E-state index in [1.54, 1.807) is 10.6 Å². The molecule has 6 nitrogen and oxygen atoms in total. The SMILES string of the molecule is CCO/N=C/c1cc2c(=O)c(C(=O)O)cn(CC)c2s1. The standard InChI is InChI=1S/C13H14N2O4S/c1-3-15-7-10(13(17)18)11(16)9-5-8(20-12(9)15)6-14-19-4-2/h5-7H,3-4H2,1-2H3,(H,17,18)/b14-6+. The van der Waals surface area contributed by atoms with E-state index in [1.165, 1.54) is 23.7 Å². The molecule has 0 aromatic carbocycles. The Kier molecular flexibility index (Phi) is 4.19. The highest BCUT2D eigenvalue weighted by molar-refractivity contribution is 7.20. The molecule has 106 valence electrons. The van der Waals surface area contributed by atoms with Crippen LogP contribution in [0.2, 0.25) is 0 Å². The molecule has 2 heterocycles. The average Bonchev–Trinajstić information content (AvgIpc) is 2.84. The van der Waals surface area contributed by atoms with Crippen molar-refractivity contribution in [1.29, 1.82) is 0 Å². The van der Waals surface area contributed by atoms with Crippen LogP contribution in [0.25, 0.3) is 10.2 Å². The lowest BCUT2D eigenvalue weighted by Crippen LogP contribution is -2.17. The quantitative estimate of drug-likeness (QED) is 0.676. The Morgan fingerprint density at radius 2 is 2.30 bits per heavy atom. The molecule has 0 saturated carbocycles. The molecule has 0 spiro atoms. The fourth-order valence-corrected chi connectivity index (χ4v) is 2.87. The highest BCUT2D eigenvalue weighted by Gasteiger charge is 2.16. The van der Waals surface area contributed by atoms with Crippen LogP contribution in [0.4, 0.5) is 0 Å². The summed E-state index contributed by atoms with van der Waals surface area (Å²) < 4.78 is 1.75. The van der Waals surface area contributed by atoms with Gasteiger partial charge >= 0.3 is 5.97 Å². The van der Waals surface area contributed by atoms with Gasteiger partial charge in [0, 0.05) is 12.7 Å². The van der Waals surface area contributed by atoms with Crippen LogP contribution in [0.15, 0.2) is 22.2 Å². The summed E-state index contributed by atoms with van der Waals surface area (Å²) in [5, 5.41) is 13.2. The Labute approximate surface area is 118 Å². The van der Waals surface area contributed by atoms with Crippen molar-refractivity contribution in [3.05, 3.63) is 32.9 Å². The Morgan fingerprint density at radius 1 is 1.55 bits per heavy atom. The zero-order valence-corrected chi connectivity index (χ0v) is 11.9. The molecule has 20 heavy (non-hydrogen) atoms. The largest absolute Gasteiger partial charge is 0.477 e. The lowest BCUT2D eigenvalue weighted by molar-refractivity contribution is 0.0695. The lowest BCUT2D eigenvalue weighted by atomic mass is 10.2. The van der Waals surface area contributed by atoms with Gasteiger partial charge in [0.05, 0.1) is 16.5 Å². The van der Waals surface area contributed by atoms with E-state index in [0.717, 1.165) is 9.71 Å². The van der Waals surface area contributed by atoms with Gasteiger partial charge in [-0.15, -0.1) is 11.3 Å². The summed E-state index contributed by atoms with van der Waals surface area (Å²) in [5.74, 6) is -1.21. The molecule has 0 aliphatic rings. The zero-order valence-electron chi connectivity index (χ0n) is 11.1. The monoisotopic (exact) mass is 294 g/mol. The number of carboxylic acids is 1. The number of aromatic nitrogens is 1. The van der Waals surface area contributed by atoms with Crippen molar-refractivity contribution in [2.24, 2.45) is 5.16 Å². The van der Waals surface area contributed by atoms with E-state index < -0.39 is 11.4 Å². The molecule has 2 rings (SSSR count). The van der Waals surface area contributed by atoms with Crippen molar-refractivity contribution in [1.82, 2.24) is 4.57 Å². The van der Waals surface area contributed by atoms with Crippen LogP contribution < -0.4 is 5.43 Å². The highest BCUT2D eigenvalue weighted by atomic mass is 32.1. The molecule has 2 aromatic rings. The van der Waals surface area contributed by atoms with E-state index in [1.807, 2.05) is 13.8 Å². The second kappa shape index (κ2) is 5.87. The summed E-state index contributed by atoms with van der Waals surface area (Å²) in [6, 6.07) is 1.64. The van der Waals surface area contributed by atoms with Gasteiger partial charge in [0.25, 0.3) is 0 Å². The summed E-state index contributed by atoms with van der Waals surface area (Å²) in [6.45, 7) is 4.76. The number of thiophene rings is 1. The molecule has 1 N–H and O–H groups in total. The minimum Gasteiger partial charge on any atom is -0.477 e. The fraction of sp³-hybridized carbons (Fsp3) is 0.308. The number of aromatic carboxylic acids is 1. The number of fused-ring (bicyclic) bond motifs is 1. The first-order chi connectivity index (χ1) is 9.58. The molecule has 0 fully saturated rings. The summed E-state index contributed by atoms with van der Waals surface area (Å²) in [7, 11) is 0. The Balaban J connectivity index is 2.63. The molecule has 0 saturated heterocycles. The van der Waals surface area contributed by atoms with Gasteiger partial charge in [0.1, 0.15) is 17.0 Å². The van der Waals surface area contributed by atoms with Crippen LogP contribution in [0.5, 0.6) is 0 Å². The van der Waals surface area contributed by atoms with E-state index in [0.29, 0.717) is 18.5 Å². The maximum absolute atomic E-state index is 12.1. The molecular weight excluding hydrogens is 280 g/mol. The molecule has 0 bridgehead atoms. The van der Waals surface area contributed by atoms with Crippen molar-refractivity contribution in [3.8, 4) is 0 Å². The van der Waals surface area contributed by atoms with Crippen LogP contribution in [-0.2, 0) is 11.4 Å². The maximum atomic E-state index is 12.1. The summed E-state index contributed by atoms with van der Waals surface area (Å²) in [5.41, 5.74) is -0.685. The van der Waals surface area contributed by atoms with Gasteiger partial charge in [-0.1, -0.05) is 5.16 Å². The van der Waals surface area contributed by atoms with Crippen molar-refractivity contribution in [2.75, 3.05) is 6.61 Å². The third-order valence-corrected chi connectivity index (χ3v) is 3.83. The number of aryl methyl sites for hydroxylation is 1. The first-order valence-corrected chi connectivity index (χ1v) is 6.95. The van der Waals surface area contributed by atoms with Crippen LogP contribution >= 0.6 is 11.3 Å². The van der Waals surface area contributed by atoms with E-state index in [-0.39, 0.29) is 5.56 Å². The van der Waals surface area contributed by atoms with Gasteiger partial charge in [-0.3, -0.25) is 4.79 Å². The number of hydrogen-bond acceptors (Lipinski definition) is 5. The van der Waals surface area contributed by atoms with Crippen LogP contribution in [0, 0.1) is 0 Å². The third kappa shape index (κ3) is 2.57. The van der Waals surface area contributed by atoms with Crippen molar-refractivity contribution >= 4 is 33.7 Å². The smallest absolute Gasteiger partial charge is 0.341 e. The number of hydrogen-bond donors (Lipinski definition) is 1. The topological polar surface area (TPSA) is 80.9 Å². The number of pyridine rings is 1. The molecule has 7 heteroatoms. The molecule has 0 unspecified atom stereocenters. The van der Waals surface area contributed by atoms with Gasteiger partial charge in [-0.25, -0.2) is 4.79 Å². The zero-order chi connectivity index (χ0) is 14.7. The minimum atomic E-state index is -1.21. The van der Waals surface area contributed by atoms with Crippen LogP contribution in [-0.4, -0.2) is 28.5 Å². The molecule has 0 aliphatic heterocycles. The minimum absolute atomic E-state index is 0.217. The molecule has 0 amide bonds. The van der Waals surface area contributed by atoms with Gasteiger partial charge < -0.3 is 14.5 Å². The maximum Gasteiger partial charge on any atom is 0.341 e. The summed E-state index contributed by atoms with van der Waals surface area (Å²) >= 11 is 1.37. The first kappa shape index (κ1) is 14.3. The number of carboxylic acid groups (broad SMARTS) is 1. The van der Waals surface area contributed by atoms with Gasteiger partial charge in [-0.2, -0.15) is 0 Å². The van der Waals surface area contributed by atoms with Gasteiger partial charge in [0.2, 0.25) is 5.43 Å². The highest BCUT2D eigenvalue weighted by Crippen LogP contribution is 2.23. The number of carbonyl (C=O) groups is 1. The van der Waals surface area contributed by atoms with Crippen LogP contribution in [0.1, 0.15) is 29.1 Å². The Hall–Kier alpha value is -2.15.